The van der Waals surface area contributed by atoms with Gasteiger partial charge in [0.1, 0.15) is 0 Å². The number of benzene rings is 2. The van der Waals surface area contributed by atoms with Crippen LogP contribution in [0.25, 0.3) is 11.0 Å². The second-order valence-electron chi connectivity index (χ2n) is 5.85. The number of nitrogens with zero attached hydrogens (tertiary/aromatic N) is 2. The average Bonchev–Trinajstić information content (AvgIpc) is 3.17. The number of carbonyl (C=O) groups excluding carboxylic acids is 1. The summed E-state index contributed by atoms with van der Waals surface area (Å²) in [5, 5.41) is 2.82. The Morgan fingerprint density at radius 1 is 1.12 bits per heavy atom. The number of aromatic nitrogens is 2. The van der Waals surface area contributed by atoms with Crippen LogP contribution in [0.3, 0.4) is 0 Å². The molecule has 2 aromatic carbocycles. The Bertz CT molecular complexity index is 1020. The number of hydrogen-bond donors (Lipinski definition) is 1. The molecule has 1 aliphatic rings. The second-order valence-corrected chi connectivity index (χ2v) is 5.85. The number of nitrogens with one attached hydrogen (secondary N) is 1. The highest BCUT2D eigenvalue weighted by Gasteiger charge is 2.15. The molecule has 0 saturated carbocycles. The largest absolute Gasteiger partial charge is 0.454 e. The minimum absolute atomic E-state index is 0.128. The van der Waals surface area contributed by atoms with E-state index in [1.165, 1.54) is 0 Å². The number of amides is 1. The number of para-hydroxylation sites is 2. The minimum Gasteiger partial charge on any atom is -0.454 e. The van der Waals surface area contributed by atoms with Crippen LogP contribution in [0.2, 0.25) is 0 Å². The summed E-state index contributed by atoms with van der Waals surface area (Å²) in [6.07, 6.45) is 0.197. The molecular formula is C18H17N3O4. The molecule has 0 aliphatic carbocycles. The Morgan fingerprint density at radius 3 is 2.72 bits per heavy atom. The third-order valence-corrected chi connectivity index (χ3v) is 4.27. The van der Waals surface area contributed by atoms with E-state index in [1.54, 1.807) is 34.4 Å². The summed E-state index contributed by atoms with van der Waals surface area (Å²) in [5.74, 6) is 1.11. The highest BCUT2D eigenvalue weighted by Crippen LogP contribution is 2.34. The van der Waals surface area contributed by atoms with Crippen LogP contribution in [0.4, 0.5) is 5.69 Å². The van der Waals surface area contributed by atoms with Crippen LogP contribution in [0, 0.1) is 0 Å². The van der Waals surface area contributed by atoms with Crippen molar-refractivity contribution in [3.05, 3.63) is 52.9 Å². The maximum absolute atomic E-state index is 12.4. The summed E-state index contributed by atoms with van der Waals surface area (Å²) < 4.78 is 13.7. The molecule has 128 valence electrons. The monoisotopic (exact) mass is 339 g/mol. The van der Waals surface area contributed by atoms with E-state index in [0.717, 1.165) is 11.0 Å². The van der Waals surface area contributed by atoms with Gasteiger partial charge in [0.05, 0.1) is 11.0 Å². The Morgan fingerprint density at radius 2 is 1.88 bits per heavy atom. The van der Waals surface area contributed by atoms with Gasteiger partial charge in [-0.25, -0.2) is 4.79 Å². The van der Waals surface area contributed by atoms with Crippen LogP contribution in [-0.4, -0.2) is 21.8 Å². The van der Waals surface area contributed by atoms with E-state index < -0.39 is 0 Å². The fourth-order valence-corrected chi connectivity index (χ4v) is 2.99. The van der Waals surface area contributed by atoms with Gasteiger partial charge in [-0.1, -0.05) is 12.1 Å². The zero-order valence-electron chi connectivity index (χ0n) is 13.7. The molecule has 0 unspecified atom stereocenters. The zero-order chi connectivity index (χ0) is 17.4. The van der Waals surface area contributed by atoms with Crippen molar-refractivity contribution in [2.45, 2.75) is 13.0 Å². The number of imidazole rings is 1. The van der Waals surface area contributed by atoms with Crippen molar-refractivity contribution in [3.8, 4) is 11.5 Å². The summed E-state index contributed by atoms with van der Waals surface area (Å²) in [5.41, 5.74) is 2.19. The fraction of sp³-hybridized carbons (Fsp3) is 0.222. The Kier molecular flexibility index (Phi) is 3.68. The molecule has 0 spiro atoms. The van der Waals surface area contributed by atoms with Crippen molar-refractivity contribution in [1.29, 1.82) is 0 Å². The predicted octanol–water partition coefficient (Wildman–Crippen LogP) is 2.10. The van der Waals surface area contributed by atoms with Crippen molar-refractivity contribution in [3.63, 3.8) is 0 Å². The lowest BCUT2D eigenvalue weighted by molar-refractivity contribution is -0.116. The van der Waals surface area contributed by atoms with E-state index in [9.17, 15) is 9.59 Å². The third-order valence-electron chi connectivity index (χ3n) is 4.27. The Labute approximate surface area is 143 Å². The standard InChI is InChI=1S/C18H17N3O4/c1-20-13-4-2-3-5-14(13)21(18(20)23)9-8-17(22)19-12-6-7-15-16(10-12)25-11-24-15/h2-7,10H,8-9,11H2,1H3,(H,19,22). The van der Waals surface area contributed by atoms with Crippen LogP contribution in [-0.2, 0) is 18.4 Å². The summed E-state index contributed by atoms with van der Waals surface area (Å²) in [6.45, 7) is 0.507. The number of hydrogen-bond acceptors (Lipinski definition) is 4. The number of carbonyl (C=O) groups is 1. The second kappa shape index (κ2) is 6.01. The van der Waals surface area contributed by atoms with Crippen molar-refractivity contribution < 1.29 is 14.3 Å². The quantitative estimate of drug-likeness (QED) is 0.790. The number of aryl methyl sites for hydroxylation is 2. The lowest BCUT2D eigenvalue weighted by atomic mass is 10.2. The molecule has 0 saturated heterocycles. The first-order valence-corrected chi connectivity index (χ1v) is 7.97. The molecule has 0 atom stereocenters. The van der Waals surface area contributed by atoms with Crippen molar-refractivity contribution in [2.75, 3.05) is 12.1 Å². The topological polar surface area (TPSA) is 74.5 Å². The summed E-state index contributed by atoms with van der Waals surface area (Å²) in [7, 11) is 1.73. The van der Waals surface area contributed by atoms with E-state index in [1.807, 2.05) is 24.3 Å². The maximum Gasteiger partial charge on any atom is 0.328 e. The summed E-state index contributed by atoms with van der Waals surface area (Å²) in [4.78, 5) is 24.6. The first-order valence-electron chi connectivity index (χ1n) is 7.97. The molecule has 0 radical (unpaired) electrons. The molecule has 1 aliphatic heterocycles. The predicted molar refractivity (Wildman–Crippen MR) is 93.0 cm³/mol. The molecule has 25 heavy (non-hydrogen) atoms. The van der Waals surface area contributed by atoms with Gasteiger partial charge in [-0.2, -0.15) is 0 Å². The van der Waals surface area contributed by atoms with Crippen LogP contribution < -0.4 is 20.5 Å². The maximum atomic E-state index is 12.4. The normalized spacial score (nSPS) is 12.5. The molecule has 3 aromatic rings. The summed E-state index contributed by atoms with van der Waals surface area (Å²) >= 11 is 0. The van der Waals surface area contributed by atoms with E-state index in [0.29, 0.717) is 23.7 Å². The van der Waals surface area contributed by atoms with Crippen LogP contribution in [0.1, 0.15) is 6.42 Å². The van der Waals surface area contributed by atoms with Crippen molar-refractivity contribution >= 4 is 22.6 Å². The molecule has 1 amide bonds. The van der Waals surface area contributed by atoms with Crippen molar-refractivity contribution in [2.24, 2.45) is 7.05 Å². The van der Waals surface area contributed by atoms with Gasteiger partial charge in [-0.3, -0.25) is 13.9 Å². The smallest absolute Gasteiger partial charge is 0.328 e. The molecule has 1 aromatic heterocycles. The molecule has 7 nitrogen and oxygen atoms in total. The van der Waals surface area contributed by atoms with E-state index in [4.69, 9.17) is 9.47 Å². The molecule has 4 rings (SSSR count). The van der Waals surface area contributed by atoms with Crippen LogP contribution >= 0.6 is 0 Å². The molecular weight excluding hydrogens is 322 g/mol. The first kappa shape index (κ1) is 15.3. The van der Waals surface area contributed by atoms with E-state index in [-0.39, 0.29) is 24.8 Å². The third kappa shape index (κ3) is 2.73. The van der Waals surface area contributed by atoms with Crippen LogP contribution in [0.15, 0.2) is 47.3 Å². The average molecular weight is 339 g/mol. The van der Waals surface area contributed by atoms with E-state index in [2.05, 4.69) is 5.32 Å². The Balaban J connectivity index is 1.48. The number of fused-ring (bicyclic) bond motifs is 2. The number of rotatable bonds is 4. The lowest BCUT2D eigenvalue weighted by Gasteiger charge is -2.07. The van der Waals surface area contributed by atoms with Gasteiger partial charge in [-0.05, 0) is 24.3 Å². The summed E-state index contributed by atoms with van der Waals surface area (Å²) in [6, 6.07) is 12.8. The van der Waals surface area contributed by atoms with Gasteiger partial charge >= 0.3 is 5.69 Å². The molecule has 2 heterocycles. The van der Waals surface area contributed by atoms with Gasteiger partial charge in [0.25, 0.3) is 0 Å². The minimum atomic E-state index is -0.168. The number of anilines is 1. The van der Waals surface area contributed by atoms with Gasteiger partial charge in [-0.15, -0.1) is 0 Å². The van der Waals surface area contributed by atoms with Crippen molar-refractivity contribution in [1.82, 2.24) is 9.13 Å². The van der Waals surface area contributed by atoms with Gasteiger partial charge in [0, 0.05) is 31.8 Å². The lowest BCUT2D eigenvalue weighted by Crippen LogP contribution is -2.24. The van der Waals surface area contributed by atoms with Gasteiger partial charge < -0.3 is 14.8 Å². The van der Waals surface area contributed by atoms with Gasteiger partial charge in [0.15, 0.2) is 11.5 Å². The highest BCUT2D eigenvalue weighted by molar-refractivity contribution is 5.91. The first-order chi connectivity index (χ1) is 12.1. The van der Waals surface area contributed by atoms with Gasteiger partial charge in [0.2, 0.25) is 12.7 Å². The highest BCUT2D eigenvalue weighted by atomic mass is 16.7. The number of ether oxygens (including phenoxy) is 2. The molecule has 7 heteroatoms. The van der Waals surface area contributed by atoms with E-state index >= 15 is 0 Å². The molecule has 0 bridgehead atoms. The van der Waals surface area contributed by atoms with Crippen LogP contribution in [0.5, 0.6) is 11.5 Å². The zero-order valence-corrected chi connectivity index (χ0v) is 13.7. The Hall–Kier alpha value is -3.22. The SMILES string of the molecule is Cn1c(=O)n(CCC(=O)Nc2ccc3c(c2)OCO3)c2ccccc21. The molecule has 0 fully saturated rings. The molecule has 1 N–H and O–H groups in total. The fourth-order valence-electron chi connectivity index (χ4n) is 2.99.